The van der Waals surface area contributed by atoms with Crippen LogP contribution in [0, 0.1) is 6.92 Å². The number of aryl methyl sites for hydroxylation is 1. The minimum absolute atomic E-state index is 0.0593. The lowest BCUT2D eigenvalue weighted by Crippen LogP contribution is -2.45. The zero-order valence-corrected chi connectivity index (χ0v) is 22.0. The number of primary amides is 1. The van der Waals surface area contributed by atoms with Gasteiger partial charge in [0.1, 0.15) is 17.5 Å². The molecule has 0 aliphatic rings. The van der Waals surface area contributed by atoms with Crippen LogP contribution in [0.1, 0.15) is 44.3 Å². The van der Waals surface area contributed by atoms with E-state index in [9.17, 15) is 19.2 Å². The number of ether oxygens (including phenoxy) is 1. The number of amides is 3. The molecule has 0 fully saturated rings. The quantitative estimate of drug-likeness (QED) is 0.269. The van der Waals surface area contributed by atoms with Crippen LogP contribution in [0.5, 0.6) is 0 Å². The maximum Gasteiger partial charge on any atom is 0.325 e. The number of esters is 1. The Morgan fingerprint density at radius 3 is 2.59 bits per heavy atom. The molecule has 0 unspecified atom stereocenters. The second kappa shape index (κ2) is 11.7. The minimum Gasteiger partial charge on any atom is -0.465 e. The van der Waals surface area contributed by atoms with Gasteiger partial charge >= 0.3 is 5.97 Å². The number of aromatic nitrogens is 2. The number of carbonyl (C=O) groups is 4. The molecule has 4 rings (SSSR count). The summed E-state index contributed by atoms with van der Waals surface area (Å²) in [7, 11) is 0. The fourth-order valence-electron chi connectivity index (χ4n) is 4.05. The van der Waals surface area contributed by atoms with Crippen LogP contribution in [0.15, 0.2) is 60.8 Å². The normalized spacial score (nSPS) is 11.5. The van der Waals surface area contributed by atoms with Gasteiger partial charge in [-0.3, -0.25) is 29.1 Å². The first-order valence-electron chi connectivity index (χ1n) is 11.9. The molecule has 200 valence electrons. The number of hydrogen-bond acceptors (Lipinski definition) is 9. The molecule has 0 saturated carbocycles. The fourth-order valence-corrected chi connectivity index (χ4v) is 4.79. The van der Waals surface area contributed by atoms with Gasteiger partial charge in [-0.1, -0.05) is 24.3 Å². The van der Waals surface area contributed by atoms with Crippen molar-refractivity contribution in [3.8, 4) is 0 Å². The van der Waals surface area contributed by atoms with Crippen LogP contribution in [0.25, 0.3) is 10.9 Å². The molecule has 3 amide bonds. The summed E-state index contributed by atoms with van der Waals surface area (Å²) in [6.07, 6.45) is 1.65. The van der Waals surface area contributed by atoms with E-state index in [1.807, 2.05) is 19.1 Å². The number of fused-ring (bicyclic) bond motifs is 1. The summed E-state index contributed by atoms with van der Waals surface area (Å²) in [6, 6.07) is 14.5. The third-order valence-corrected chi connectivity index (χ3v) is 6.67. The Morgan fingerprint density at radius 2 is 1.90 bits per heavy atom. The highest BCUT2D eigenvalue weighted by Crippen LogP contribution is 2.34. The SMILES string of the molecule is CCOC(=O)CNC(=O)[C@H](c1ccc2ncccc2c1)N(C(=O)c1snc(C(N)=O)c1N)c1cccc(C)c1. The van der Waals surface area contributed by atoms with Crippen LogP contribution in [0.3, 0.4) is 0 Å². The van der Waals surface area contributed by atoms with Crippen LogP contribution in [-0.2, 0) is 14.3 Å². The molecule has 1 atom stereocenters. The molecule has 39 heavy (non-hydrogen) atoms. The standard InChI is InChI=1S/C27H26N6O5S/c1-3-38-20(34)14-31-26(36)23(17-9-10-19-16(13-17)7-5-11-30-19)33(18-8-4-6-15(2)12-18)27(37)24-21(28)22(25(29)35)32-39-24/h4-13,23H,3,14,28H2,1-2H3,(H2,29,35)(H,31,36)/t23-/m0/s1. The van der Waals surface area contributed by atoms with E-state index in [0.29, 0.717) is 28.3 Å². The van der Waals surface area contributed by atoms with E-state index in [0.717, 1.165) is 10.9 Å². The number of rotatable bonds is 9. The van der Waals surface area contributed by atoms with Crippen LogP contribution >= 0.6 is 11.5 Å². The lowest BCUT2D eigenvalue weighted by Gasteiger charge is -2.31. The first kappa shape index (κ1) is 27.2. The molecular weight excluding hydrogens is 520 g/mol. The summed E-state index contributed by atoms with van der Waals surface area (Å²) in [5.74, 6) is -2.82. The summed E-state index contributed by atoms with van der Waals surface area (Å²) in [5, 5.41) is 3.32. The highest BCUT2D eigenvalue weighted by Gasteiger charge is 2.36. The highest BCUT2D eigenvalue weighted by atomic mass is 32.1. The lowest BCUT2D eigenvalue weighted by atomic mass is 10.00. The molecule has 2 aromatic heterocycles. The van der Waals surface area contributed by atoms with Gasteiger partial charge in [-0.15, -0.1) is 0 Å². The van der Waals surface area contributed by atoms with Crippen molar-refractivity contribution in [2.75, 3.05) is 23.8 Å². The molecule has 0 bridgehead atoms. The highest BCUT2D eigenvalue weighted by molar-refractivity contribution is 7.09. The Kier molecular flexibility index (Phi) is 8.15. The molecular formula is C27H26N6O5S. The summed E-state index contributed by atoms with van der Waals surface area (Å²) >= 11 is 0.709. The molecule has 4 aromatic rings. The summed E-state index contributed by atoms with van der Waals surface area (Å²) in [6.45, 7) is 3.25. The zero-order valence-electron chi connectivity index (χ0n) is 21.2. The largest absolute Gasteiger partial charge is 0.465 e. The third kappa shape index (κ3) is 5.85. The van der Waals surface area contributed by atoms with Gasteiger partial charge in [0.15, 0.2) is 5.69 Å². The molecule has 11 nitrogen and oxygen atoms in total. The van der Waals surface area contributed by atoms with E-state index < -0.39 is 36.3 Å². The minimum atomic E-state index is -1.25. The van der Waals surface area contributed by atoms with E-state index in [1.54, 1.807) is 55.6 Å². The molecule has 0 saturated heterocycles. The van der Waals surface area contributed by atoms with E-state index in [-0.39, 0.29) is 22.9 Å². The van der Waals surface area contributed by atoms with Crippen molar-refractivity contribution in [1.82, 2.24) is 14.7 Å². The number of carbonyl (C=O) groups excluding carboxylic acids is 4. The van der Waals surface area contributed by atoms with Gasteiger partial charge in [0.05, 0.1) is 17.8 Å². The molecule has 0 aliphatic heterocycles. The summed E-state index contributed by atoms with van der Waals surface area (Å²) in [4.78, 5) is 57.2. The summed E-state index contributed by atoms with van der Waals surface area (Å²) in [5.41, 5.74) is 13.4. The maximum absolute atomic E-state index is 14.1. The first-order chi connectivity index (χ1) is 18.7. The topological polar surface area (TPSA) is 171 Å². The third-order valence-electron chi connectivity index (χ3n) is 5.82. The van der Waals surface area contributed by atoms with Gasteiger partial charge in [-0.25, -0.2) is 0 Å². The number of benzene rings is 2. The Labute approximate surface area is 227 Å². The zero-order chi connectivity index (χ0) is 28.1. The Morgan fingerprint density at radius 1 is 1.10 bits per heavy atom. The van der Waals surface area contributed by atoms with Gasteiger partial charge < -0.3 is 21.5 Å². The van der Waals surface area contributed by atoms with Gasteiger partial charge in [0, 0.05) is 17.3 Å². The molecule has 0 aliphatic carbocycles. The predicted octanol–water partition coefficient (Wildman–Crippen LogP) is 2.75. The van der Waals surface area contributed by atoms with Crippen LogP contribution in [0.2, 0.25) is 0 Å². The van der Waals surface area contributed by atoms with Crippen molar-refractivity contribution >= 4 is 57.5 Å². The van der Waals surface area contributed by atoms with Gasteiger partial charge in [0.2, 0.25) is 5.91 Å². The smallest absolute Gasteiger partial charge is 0.325 e. The number of anilines is 2. The average Bonchev–Trinajstić information content (AvgIpc) is 3.31. The number of nitrogen functional groups attached to an aromatic ring is 1. The maximum atomic E-state index is 14.1. The molecule has 2 heterocycles. The Balaban J connectivity index is 1.89. The first-order valence-corrected chi connectivity index (χ1v) is 12.7. The monoisotopic (exact) mass is 546 g/mol. The van der Waals surface area contributed by atoms with Crippen molar-refractivity contribution in [3.05, 3.63) is 82.5 Å². The molecule has 0 radical (unpaired) electrons. The van der Waals surface area contributed by atoms with Crippen molar-refractivity contribution in [2.24, 2.45) is 5.73 Å². The summed E-state index contributed by atoms with van der Waals surface area (Å²) < 4.78 is 8.90. The van der Waals surface area contributed by atoms with Crippen molar-refractivity contribution in [3.63, 3.8) is 0 Å². The van der Waals surface area contributed by atoms with Crippen LogP contribution in [-0.4, -0.2) is 46.2 Å². The van der Waals surface area contributed by atoms with E-state index in [2.05, 4.69) is 14.7 Å². The van der Waals surface area contributed by atoms with Gasteiger partial charge in [0.25, 0.3) is 11.8 Å². The number of nitrogens with one attached hydrogen (secondary N) is 1. The number of pyridine rings is 1. The Bertz CT molecular complexity index is 1570. The lowest BCUT2D eigenvalue weighted by molar-refractivity contribution is -0.143. The van der Waals surface area contributed by atoms with Gasteiger partial charge in [-0.05, 0) is 66.8 Å². The molecule has 2 aromatic carbocycles. The van der Waals surface area contributed by atoms with E-state index >= 15 is 0 Å². The second-order valence-corrected chi connectivity index (χ2v) is 9.31. The molecule has 12 heteroatoms. The molecule has 5 N–H and O–H groups in total. The molecule has 0 spiro atoms. The van der Waals surface area contributed by atoms with Crippen molar-refractivity contribution in [1.29, 1.82) is 0 Å². The number of hydrogen-bond donors (Lipinski definition) is 3. The predicted molar refractivity (Wildman–Crippen MR) is 147 cm³/mol. The number of nitrogens with two attached hydrogens (primary N) is 2. The Hall–Kier alpha value is -4.84. The van der Waals surface area contributed by atoms with Crippen LogP contribution < -0.4 is 21.7 Å². The average molecular weight is 547 g/mol. The second-order valence-electron chi connectivity index (χ2n) is 8.53. The fraction of sp³-hybridized carbons (Fsp3) is 0.185. The van der Waals surface area contributed by atoms with Crippen molar-refractivity contribution < 1.29 is 23.9 Å². The van der Waals surface area contributed by atoms with Crippen molar-refractivity contribution in [2.45, 2.75) is 19.9 Å². The van der Waals surface area contributed by atoms with E-state index in [1.165, 1.54) is 4.90 Å². The van der Waals surface area contributed by atoms with Crippen LogP contribution in [0.4, 0.5) is 11.4 Å². The number of nitrogens with zero attached hydrogens (tertiary/aromatic N) is 3. The van der Waals surface area contributed by atoms with Gasteiger partial charge in [-0.2, -0.15) is 4.37 Å². The van der Waals surface area contributed by atoms with E-state index in [4.69, 9.17) is 16.2 Å².